The molecule has 17 heavy (non-hydrogen) atoms. The SMILES string of the molecule is ON=C1/C(=C/c2ccccc2)N2CCC1CC2. The molecule has 3 saturated heterocycles. The molecule has 3 heteroatoms. The summed E-state index contributed by atoms with van der Waals surface area (Å²) in [7, 11) is 0. The van der Waals surface area contributed by atoms with E-state index in [2.05, 4.69) is 28.3 Å². The fourth-order valence-corrected chi connectivity index (χ4v) is 2.77. The predicted octanol–water partition coefficient (Wildman–Crippen LogP) is 2.58. The molecule has 0 unspecified atom stereocenters. The summed E-state index contributed by atoms with van der Waals surface area (Å²) >= 11 is 0. The molecule has 0 radical (unpaired) electrons. The van der Waals surface area contributed by atoms with Crippen molar-refractivity contribution in [3.63, 3.8) is 0 Å². The molecule has 1 aromatic rings. The van der Waals surface area contributed by atoms with E-state index in [4.69, 9.17) is 0 Å². The molecule has 0 aromatic heterocycles. The lowest BCUT2D eigenvalue weighted by molar-refractivity contribution is 0.229. The predicted molar refractivity (Wildman–Crippen MR) is 67.9 cm³/mol. The van der Waals surface area contributed by atoms with Crippen molar-refractivity contribution in [2.45, 2.75) is 12.8 Å². The highest BCUT2D eigenvalue weighted by molar-refractivity contribution is 6.05. The largest absolute Gasteiger partial charge is 0.411 e. The van der Waals surface area contributed by atoms with Gasteiger partial charge in [-0.15, -0.1) is 0 Å². The van der Waals surface area contributed by atoms with E-state index in [1.807, 2.05) is 18.2 Å². The number of hydrogen-bond donors (Lipinski definition) is 1. The van der Waals surface area contributed by atoms with Crippen LogP contribution in [0.15, 0.2) is 41.2 Å². The average Bonchev–Trinajstić information content (AvgIpc) is 2.41. The summed E-state index contributed by atoms with van der Waals surface area (Å²) in [4.78, 5) is 2.32. The molecular formula is C14H16N2O. The summed E-state index contributed by atoms with van der Waals surface area (Å²) in [5, 5.41) is 12.7. The number of benzene rings is 1. The van der Waals surface area contributed by atoms with Gasteiger partial charge in [0.25, 0.3) is 0 Å². The van der Waals surface area contributed by atoms with Crippen LogP contribution in [0, 0.1) is 5.92 Å². The van der Waals surface area contributed by atoms with Crippen molar-refractivity contribution in [1.29, 1.82) is 0 Å². The first-order chi connectivity index (χ1) is 8.38. The highest BCUT2D eigenvalue weighted by Crippen LogP contribution is 2.33. The first-order valence-electron chi connectivity index (χ1n) is 6.12. The lowest BCUT2D eigenvalue weighted by Gasteiger charge is -2.42. The van der Waals surface area contributed by atoms with Crippen LogP contribution < -0.4 is 0 Å². The third-order valence-corrected chi connectivity index (χ3v) is 3.70. The Morgan fingerprint density at radius 3 is 2.53 bits per heavy atom. The standard InChI is InChI=1S/C14H16N2O/c17-15-14-12-6-8-16(9-7-12)13(14)10-11-4-2-1-3-5-11/h1-5,10,12,17H,6-9H2/b13-10-,15-14?. The first-order valence-corrected chi connectivity index (χ1v) is 6.12. The first kappa shape index (κ1) is 10.4. The van der Waals surface area contributed by atoms with E-state index in [1.54, 1.807) is 0 Å². The summed E-state index contributed by atoms with van der Waals surface area (Å²) in [6.45, 7) is 2.17. The molecule has 3 heterocycles. The van der Waals surface area contributed by atoms with Crippen LogP contribution >= 0.6 is 0 Å². The van der Waals surface area contributed by atoms with Crippen LogP contribution in [0.5, 0.6) is 0 Å². The van der Waals surface area contributed by atoms with E-state index in [-0.39, 0.29) is 0 Å². The minimum atomic E-state index is 0.444. The van der Waals surface area contributed by atoms with Crippen LogP contribution in [-0.2, 0) is 0 Å². The van der Waals surface area contributed by atoms with Gasteiger partial charge in [-0.1, -0.05) is 35.5 Å². The van der Waals surface area contributed by atoms with Crippen molar-refractivity contribution < 1.29 is 5.21 Å². The third kappa shape index (κ3) is 1.82. The zero-order valence-corrected chi connectivity index (χ0v) is 9.71. The Balaban J connectivity index is 1.99. The summed E-state index contributed by atoms with van der Waals surface area (Å²) in [6.07, 6.45) is 4.36. The topological polar surface area (TPSA) is 35.8 Å². The normalized spacial score (nSPS) is 24.8. The van der Waals surface area contributed by atoms with Crippen LogP contribution in [0.2, 0.25) is 0 Å². The second-order valence-corrected chi connectivity index (χ2v) is 4.69. The zero-order chi connectivity index (χ0) is 11.7. The van der Waals surface area contributed by atoms with Gasteiger partial charge in [-0.25, -0.2) is 0 Å². The molecule has 1 N–H and O–H groups in total. The maximum absolute atomic E-state index is 9.18. The smallest absolute Gasteiger partial charge is 0.106 e. The molecule has 1 aromatic carbocycles. The van der Waals surface area contributed by atoms with E-state index in [1.165, 1.54) is 0 Å². The molecule has 3 fully saturated rings. The molecule has 0 amide bonds. The monoisotopic (exact) mass is 228 g/mol. The molecule has 0 aliphatic carbocycles. The molecule has 0 spiro atoms. The van der Waals surface area contributed by atoms with Gasteiger partial charge in [-0.2, -0.15) is 0 Å². The molecule has 3 aliphatic heterocycles. The molecule has 2 bridgehead atoms. The number of allylic oxidation sites excluding steroid dienone is 1. The van der Waals surface area contributed by atoms with E-state index in [9.17, 15) is 5.21 Å². The summed E-state index contributed by atoms with van der Waals surface area (Å²) in [5.41, 5.74) is 3.13. The van der Waals surface area contributed by atoms with Crippen LogP contribution in [0.4, 0.5) is 0 Å². The minimum Gasteiger partial charge on any atom is -0.411 e. The number of fused-ring (bicyclic) bond motifs is 3. The number of piperidine rings is 3. The zero-order valence-electron chi connectivity index (χ0n) is 9.71. The third-order valence-electron chi connectivity index (χ3n) is 3.70. The van der Waals surface area contributed by atoms with Crippen molar-refractivity contribution >= 4 is 11.8 Å². The van der Waals surface area contributed by atoms with Crippen molar-refractivity contribution in [3.05, 3.63) is 41.6 Å². The molecule has 0 saturated carbocycles. The molecule has 88 valence electrons. The molecular weight excluding hydrogens is 212 g/mol. The van der Waals surface area contributed by atoms with Gasteiger partial charge in [0.2, 0.25) is 0 Å². The van der Waals surface area contributed by atoms with Crippen molar-refractivity contribution in [3.8, 4) is 0 Å². The van der Waals surface area contributed by atoms with Gasteiger partial charge in [-0.3, -0.25) is 0 Å². The molecule has 3 aliphatic rings. The van der Waals surface area contributed by atoms with Gasteiger partial charge in [-0.05, 0) is 24.5 Å². The Labute approximate surface area is 101 Å². The summed E-state index contributed by atoms with van der Waals surface area (Å²) < 4.78 is 0. The Kier molecular flexibility index (Phi) is 2.59. The second kappa shape index (κ2) is 4.24. The molecule has 4 rings (SSSR count). The number of nitrogens with zero attached hydrogens (tertiary/aromatic N) is 2. The van der Waals surface area contributed by atoms with Crippen molar-refractivity contribution in [1.82, 2.24) is 4.90 Å². The van der Waals surface area contributed by atoms with Crippen molar-refractivity contribution in [2.24, 2.45) is 11.1 Å². The lowest BCUT2D eigenvalue weighted by Crippen LogP contribution is -2.46. The minimum absolute atomic E-state index is 0.444. The van der Waals surface area contributed by atoms with E-state index >= 15 is 0 Å². The highest BCUT2D eigenvalue weighted by atomic mass is 16.4. The molecule has 0 atom stereocenters. The average molecular weight is 228 g/mol. The van der Waals surface area contributed by atoms with Gasteiger partial charge in [0.15, 0.2) is 0 Å². The van der Waals surface area contributed by atoms with Gasteiger partial charge in [0.1, 0.15) is 5.71 Å². The Hall–Kier alpha value is -1.77. The van der Waals surface area contributed by atoms with E-state index in [0.717, 1.165) is 42.9 Å². The van der Waals surface area contributed by atoms with Crippen LogP contribution in [0.25, 0.3) is 6.08 Å². The number of rotatable bonds is 1. The van der Waals surface area contributed by atoms with E-state index in [0.29, 0.717) is 5.92 Å². The number of oxime groups is 1. The summed E-state index contributed by atoms with van der Waals surface area (Å²) in [5.74, 6) is 0.444. The fraction of sp³-hybridized carbons (Fsp3) is 0.357. The number of hydrogen-bond acceptors (Lipinski definition) is 3. The lowest BCUT2D eigenvalue weighted by atomic mass is 9.83. The highest BCUT2D eigenvalue weighted by Gasteiger charge is 2.35. The summed E-state index contributed by atoms with van der Waals surface area (Å²) in [6, 6.07) is 10.2. The Morgan fingerprint density at radius 2 is 1.88 bits per heavy atom. The van der Waals surface area contributed by atoms with Crippen LogP contribution in [0.1, 0.15) is 18.4 Å². The quantitative estimate of drug-likeness (QED) is 0.592. The van der Waals surface area contributed by atoms with Gasteiger partial charge in [0, 0.05) is 19.0 Å². The maximum Gasteiger partial charge on any atom is 0.106 e. The maximum atomic E-state index is 9.18. The van der Waals surface area contributed by atoms with Crippen molar-refractivity contribution in [2.75, 3.05) is 13.1 Å². The van der Waals surface area contributed by atoms with Crippen LogP contribution in [0.3, 0.4) is 0 Å². The second-order valence-electron chi connectivity index (χ2n) is 4.69. The molecule has 3 nitrogen and oxygen atoms in total. The van der Waals surface area contributed by atoms with Gasteiger partial charge in [0.05, 0.1) is 5.70 Å². The Bertz CT molecular complexity index is 456. The van der Waals surface area contributed by atoms with E-state index < -0.39 is 0 Å². The Morgan fingerprint density at radius 1 is 1.18 bits per heavy atom. The fourth-order valence-electron chi connectivity index (χ4n) is 2.77. The van der Waals surface area contributed by atoms with Gasteiger partial charge >= 0.3 is 0 Å². The van der Waals surface area contributed by atoms with Gasteiger partial charge < -0.3 is 10.1 Å². The van der Waals surface area contributed by atoms with Crippen LogP contribution in [-0.4, -0.2) is 28.9 Å².